The number of ether oxygens (including phenoxy) is 1. The van der Waals surface area contributed by atoms with Gasteiger partial charge in [-0.3, -0.25) is 4.79 Å². The van der Waals surface area contributed by atoms with E-state index in [2.05, 4.69) is 46.8 Å². The van der Waals surface area contributed by atoms with Crippen LogP contribution < -0.4 is 20.7 Å². The van der Waals surface area contributed by atoms with E-state index in [9.17, 15) is 34.8 Å². The predicted molar refractivity (Wildman–Crippen MR) is 249 cm³/mol. The molecular formula is C46H55ClF3N5O6S3. The summed E-state index contributed by atoms with van der Waals surface area (Å²) in [6.45, 7) is 9.69. The number of nitrogens with one attached hydrogen (secondary N) is 4. The van der Waals surface area contributed by atoms with Crippen molar-refractivity contribution in [3.8, 4) is 0 Å². The Morgan fingerprint density at radius 2 is 1.66 bits per heavy atom. The van der Waals surface area contributed by atoms with Crippen LogP contribution in [0.4, 0.5) is 24.5 Å². The summed E-state index contributed by atoms with van der Waals surface area (Å²) in [5, 5.41) is 10.5. The molecule has 0 aromatic heterocycles. The highest BCUT2D eigenvalue weighted by Gasteiger charge is 2.48. The second-order valence-corrected chi connectivity index (χ2v) is 21.8. The number of hydrogen-bond acceptors (Lipinski definition) is 11. The van der Waals surface area contributed by atoms with Crippen LogP contribution in [0.15, 0.2) is 117 Å². The van der Waals surface area contributed by atoms with Gasteiger partial charge in [-0.25, -0.2) is 21.6 Å². The van der Waals surface area contributed by atoms with Crippen molar-refractivity contribution in [2.24, 2.45) is 5.41 Å². The first kappa shape index (κ1) is 49.3. The Labute approximate surface area is 383 Å². The summed E-state index contributed by atoms with van der Waals surface area (Å²) in [5.41, 5.74) is -1.42. The summed E-state index contributed by atoms with van der Waals surface area (Å²) in [7, 11) is -10.9. The first-order valence-corrected chi connectivity index (χ1v) is 25.5. The zero-order valence-electron chi connectivity index (χ0n) is 35.8. The lowest BCUT2D eigenvalue weighted by molar-refractivity contribution is -0.0435. The summed E-state index contributed by atoms with van der Waals surface area (Å²) in [6, 6.07) is 25.2. The number of anilines is 2. The number of halogens is 4. The van der Waals surface area contributed by atoms with E-state index in [-0.39, 0.29) is 11.0 Å². The van der Waals surface area contributed by atoms with Crippen LogP contribution >= 0.6 is 23.4 Å². The van der Waals surface area contributed by atoms with Gasteiger partial charge >= 0.3 is 5.51 Å². The third-order valence-corrected chi connectivity index (χ3v) is 15.5. The van der Waals surface area contributed by atoms with Gasteiger partial charge in [-0.15, -0.1) is 11.8 Å². The number of alkyl halides is 3. The lowest BCUT2D eigenvalue weighted by atomic mass is 9.72. The van der Waals surface area contributed by atoms with E-state index in [1.165, 1.54) is 40.6 Å². The van der Waals surface area contributed by atoms with Gasteiger partial charge in [0, 0.05) is 78.8 Å². The van der Waals surface area contributed by atoms with Gasteiger partial charge in [-0.05, 0) is 115 Å². The molecule has 0 radical (unpaired) electrons. The van der Waals surface area contributed by atoms with Crippen LogP contribution in [0.3, 0.4) is 0 Å². The molecule has 64 heavy (non-hydrogen) atoms. The molecule has 0 bridgehead atoms. The maximum atomic E-state index is 14.2. The highest BCUT2D eigenvalue weighted by Crippen LogP contribution is 2.43. The molecule has 11 nitrogen and oxygen atoms in total. The van der Waals surface area contributed by atoms with Gasteiger partial charge < -0.3 is 25.6 Å². The Morgan fingerprint density at radius 1 is 0.922 bits per heavy atom. The van der Waals surface area contributed by atoms with Crippen molar-refractivity contribution in [2.75, 3.05) is 68.9 Å². The molecule has 0 saturated carbocycles. The number of amides is 1. The number of carbonyl (C=O) groups excluding carboxylic acids is 1. The normalized spacial score (nSPS) is 16.8. The number of benzene rings is 4. The van der Waals surface area contributed by atoms with Crippen molar-refractivity contribution in [1.29, 1.82) is 0 Å². The topological polar surface area (TPSA) is 146 Å². The fraction of sp³-hybridized carbons (Fsp3) is 0.413. The van der Waals surface area contributed by atoms with Crippen LogP contribution in [0.5, 0.6) is 0 Å². The molecule has 2 aliphatic rings. The van der Waals surface area contributed by atoms with Crippen LogP contribution in [0.1, 0.15) is 61.9 Å². The number of sulfonamides is 1. The zero-order chi connectivity index (χ0) is 46.0. The standard InChI is InChI=1S/C46H55ClF3N5O6S3/c1-45(2)21-19-35(41(30-45)33-9-13-36(47)14-10-33)31-51-22-23-52-37-15-11-34(12-16-37)44(56)54-64(59,60)40-17-18-42(43(29-40)63(57,58)46(48,49)50)53-38(32-62-39-7-4-3-5-8-39)20-25-55-24-6-27-61-28-26-55/h3-5,7-18,29,38,51-53H,6,19-28,30-32H2,1-2H3,(H,54,56)/t38-/m1/s1. The lowest BCUT2D eigenvalue weighted by Gasteiger charge is -2.34. The molecule has 1 heterocycles. The molecule has 1 atom stereocenters. The second kappa shape index (κ2) is 21.9. The summed E-state index contributed by atoms with van der Waals surface area (Å²) < 4.78 is 103. The first-order chi connectivity index (χ1) is 30.4. The van der Waals surface area contributed by atoms with E-state index >= 15 is 0 Å². The molecule has 4 aromatic carbocycles. The smallest absolute Gasteiger partial charge is 0.384 e. The van der Waals surface area contributed by atoms with Crippen LogP contribution in [-0.4, -0.2) is 97.4 Å². The Hall–Kier alpha value is -4.10. The maximum Gasteiger partial charge on any atom is 0.501 e. The van der Waals surface area contributed by atoms with Gasteiger partial charge in [0.05, 0.1) is 17.2 Å². The van der Waals surface area contributed by atoms with Crippen molar-refractivity contribution in [1.82, 2.24) is 14.9 Å². The number of allylic oxidation sites excluding steroid dienone is 1. The van der Waals surface area contributed by atoms with Crippen molar-refractivity contribution < 1.29 is 39.5 Å². The van der Waals surface area contributed by atoms with Crippen LogP contribution in [-0.2, 0) is 24.6 Å². The van der Waals surface area contributed by atoms with Crippen LogP contribution in [0.25, 0.3) is 5.57 Å². The van der Waals surface area contributed by atoms with Crippen molar-refractivity contribution in [2.45, 2.75) is 72.2 Å². The van der Waals surface area contributed by atoms with Crippen molar-refractivity contribution >= 4 is 66.1 Å². The van der Waals surface area contributed by atoms with Crippen LogP contribution in [0.2, 0.25) is 5.02 Å². The molecule has 346 valence electrons. The largest absolute Gasteiger partial charge is 0.501 e. The zero-order valence-corrected chi connectivity index (χ0v) is 39.1. The number of rotatable bonds is 19. The quantitative estimate of drug-likeness (QED) is 0.0528. The van der Waals surface area contributed by atoms with E-state index < -0.39 is 52.8 Å². The molecule has 4 aromatic rings. The van der Waals surface area contributed by atoms with E-state index in [1.54, 1.807) is 12.1 Å². The fourth-order valence-electron chi connectivity index (χ4n) is 7.62. The average Bonchev–Trinajstić information content (AvgIpc) is 3.54. The molecule has 18 heteroatoms. The SMILES string of the molecule is CC1(C)CCC(CNCCNc2ccc(C(=O)NS(=O)(=O)c3ccc(N[C@H](CCN4CCCOCC4)CSc4ccccc4)c(S(=O)(=O)C(F)(F)F)c3)cc2)=C(c2ccc(Cl)cc2)C1. The van der Waals surface area contributed by atoms with Gasteiger partial charge in [0.25, 0.3) is 25.8 Å². The lowest BCUT2D eigenvalue weighted by Crippen LogP contribution is -2.34. The van der Waals surface area contributed by atoms with E-state index in [0.29, 0.717) is 68.3 Å². The van der Waals surface area contributed by atoms with Crippen LogP contribution in [0, 0.1) is 5.41 Å². The second-order valence-electron chi connectivity index (χ2n) is 16.7. The molecule has 1 aliphatic heterocycles. The Balaban J connectivity index is 1.10. The Kier molecular flexibility index (Phi) is 16.9. The molecular weight excluding hydrogens is 907 g/mol. The van der Waals surface area contributed by atoms with E-state index in [0.717, 1.165) is 55.8 Å². The molecule has 1 amide bonds. The predicted octanol–water partition coefficient (Wildman–Crippen LogP) is 9.10. The van der Waals surface area contributed by atoms with Gasteiger partial charge in [0.1, 0.15) is 4.90 Å². The Bertz CT molecular complexity index is 2450. The third kappa shape index (κ3) is 13.7. The Morgan fingerprint density at radius 3 is 2.38 bits per heavy atom. The highest BCUT2D eigenvalue weighted by atomic mass is 35.5. The molecule has 1 fully saturated rings. The van der Waals surface area contributed by atoms with Gasteiger partial charge in [0.15, 0.2) is 0 Å². The number of thioether (sulfide) groups is 1. The minimum atomic E-state index is -6.06. The fourth-order valence-corrected chi connectivity index (χ4v) is 10.8. The van der Waals surface area contributed by atoms with Gasteiger partial charge in [-0.2, -0.15) is 13.2 Å². The molecule has 0 spiro atoms. The number of carbonyl (C=O) groups is 1. The molecule has 1 saturated heterocycles. The molecule has 1 aliphatic carbocycles. The number of nitrogens with zero attached hydrogens (tertiary/aromatic N) is 1. The summed E-state index contributed by atoms with van der Waals surface area (Å²) in [4.78, 5) is 14.2. The molecule has 6 rings (SSSR count). The minimum Gasteiger partial charge on any atom is -0.384 e. The minimum absolute atomic E-state index is 0.0368. The third-order valence-electron chi connectivity index (χ3n) is 11.2. The average molecular weight is 963 g/mol. The first-order valence-electron chi connectivity index (χ1n) is 21.2. The summed E-state index contributed by atoms with van der Waals surface area (Å²) in [5.74, 6) is -0.682. The number of hydrogen-bond donors (Lipinski definition) is 4. The summed E-state index contributed by atoms with van der Waals surface area (Å²) >= 11 is 7.59. The van der Waals surface area contributed by atoms with E-state index in [4.69, 9.17) is 16.3 Å². The molecule has 4 N–H and O–H groups in total. The summed E-state index contributed by atoms with van der Waals surface area (Å²) in [6.07, 6.45) is 4.33. The monoisotopic (exact) mass is 961 g/mol. The van der Waals surface area contributed by atoms with Crippen molar-refractivity contribution in [3.05, 3.63) is 119 Å². The number of sulfone groups is 1. The molecule has 0 unspecified atom stereocenters. The maximum absolute atomic E-state index is 14.2. The van der Waals surface area contributed by atoms with Gasteiger partial charge in [0.2, 0.25) is 0 Å². The van der Waals surface area contributed by atoms with Crippen molar-refractivity contribution in [3.63, 3.8) is 0 Å². The van der Waals surface area contributed by atoms with Gasteiger partial charge in [-0.1, -0.05) is 61.4 Å². The van der Waals surface area contributed by atoms with E-state index in [1.807, 2.05) is 47.2 Å². The highest BCUT2D eigenvalue weighted by molar-refractivity contribution is 7.99.